The first-order chi connectivity index (χ1) is 7.59. The molecule has 9 heteroatoms. The normalized spacial score (nSPS) is 10.3. The lowest BCUT2D eigenvalue weighted by Gasteiger charge is -2.02. The Morgan fingerprint density at radius 1 is 1.50 bits per heavy atom. The maximum atomic E-state index is 10.8. The standard InChI is InChI=1S/C7H5IN6O2/c8-4-1-12-13(2-4)7-5(14(15)16)6(9)10-3-11-7/h1-3H,(H2,9,10,11). The zero-order valence-electron chi connectivity index (χ0n) is 7.74. The van der Waals surface area contributed by atoms with Gasteiger partial charge in [0, 0.05) is 6.20 Å². The van der Waals surface area contributed by atoms with E-state index in [1.54, 1.807) is 12.4 Å². The Balaban J connectivity index is 2.65. The van der Waals surface area contributed by atoms with Crippen molar-refractivity contribution in [2.24, 2.45) is 0 Å². The number of hydrogen-bond acceptors (Lipinski definition) is 6. The van der Waals surface area contributed by atoms with Crippen molar-refractivity contribution in [1.82, 2.24) is 19.7 Å². The highest BCUT2D eigenvalue weighted by atomic mass is 127. The zero-order chi connectivity index (χ0) is 11.7. The molecule has 8 nitrogen and oxygen atoms in total. The van der Waals surface area contributed by atoms with Crippen LogP contribution in [-0.4, -0.2) is 24.7 Å². The summed E-state index contributed by atoms with van der Waals surface area (Å²) in [6.07, 6.45) is 4.32. The van der Waals surface area contributed by atoms with E-state index in [1.165, 1.54) is 4.68 Å². The Labute approximate surface area is 103 Å². The molecule has 82 valence electrons. The van der Waals surface area contributed by atoms with Gasteiger partial charge in [-0.3, -0.25) is 10.1 Å². The fourth-order valence-corrected chi connectivity index (χ4v) is 1.53. The second-order valence-corrected chi connectivity index (χ2v) is 4.04. The highest BCUT2D eigenvalue weighted by Gasteiger charge is 2.22. The summed E-state index contributed by atoms with van der Waals surface area (Å²) in [5.74, 6) is -0.124. The number of hydrogen-bond donors (Lipinski definition) is 1. The first-order valence-electron chi connectivity index (χ1n) is 4.05. The quantitative estimate of drug-likeness (QED) is 0.493. The van der Waals surface area contributed by atoms with Crippen LogP contribution in [0.3, 0.4) is 0 Å². The average Bonchev–Trinajstić information content (AvgIpc) is 2.63. The maximum absolute atomic E-state index is 10.8. The largest absolute Gasteiger partial charge is 0.378 e. The van der Waals surface area contributed by atoms with Crippen LogP contribution < -0.4 is 5.73 Å². The van der Waals surface area contributed by atoms with Crippen LogP contribution in [0.4, 0.5) is 11.5 Å². The van der Waals surface area contributed by atoms with E-state index in [1.807, 2.05) is 22.6 Å². The van der Waals surface area contributed by atoms with Gasteiger partial charge in [-0.25, -0.2) is 14.6 Å². The number of nitro groups is 1. The van der Waals surface area contributed by atoms with Crippen molar-refractivity contribution in [3.63, 3.8) is 0 Å². The van der Waals surface area contributed by atoms with Crippen molar-refractivity contribution in [2.45, 2.75) is 0 Å². The Morgan fingerprint density at radius 2 is 2.25 bits per heavy atom. The highest BCUT2D eigenvalue weighted by Crippen LogP contribution is 2.24. The van der Waals surface area contributed by atoms with Crippen LogP contribution in [0.25, 0.3) is 5.82 Å². The molecule has 0 aliphatic rings. The molecule has 2 N–H and O–H groups in total. The van der Waals surface area contributed by atoms with Gasteiger partial charge in [0.25, 0.3) is 0 Å². The van der Waals surface area contributed by atoms with Gasteiger partial charge in [-0.05, 0) is 22.6 Å². The molecule has 0 spiro atoms. The van der Waals surface area contributed by atoms with Gasteiger partial charge in [-0.2, -0.15) is 5.10 Å². The molecule has 0 unspecified atom stereocenters. The van der Waals surface area contributed by atoms with Crippen LogP contribution >= 0.6 is 22.6 Å². The van der Waals surface area contributed by atoms with Crippen LogP contribution in [-0.2, 0) is 0 Å². The molecule has 0 amide bonds. The summed E-state index contributed by atoms with van der Waals surface area (Å²) >= 11 is 2.04. The Morgan fingerprint density at radius 3 is 2.81 bits per heavy atom. The molecule has 0 fully saturated rings. The molecule has 0 aliphatic heterocycles. The Bertz CT molecular complexity index is 554. The number of anilines is 1. The van der Waals surface area contributed by atoms with Crippen molar-refractivity contribution in [3.05, 3.63) is 32.4 Å². The van der Waals surface area contributed by atoms with E-state index in [9.17, 15) is 10.1 Å². The summed E-state index contributed by atoms with van der Waals surface area (Å²) < 4.78 is 2.13. The van der Waals surface area contributed by atoms with Crippen molar-refractivity contribution in [1.29, 1.82) is 0 Å². The monoisotopic (exact) mass is 332 g/mol. The van der Waals surface area contributed by atoms with Gasteiger partial charge in [0.2, 0.25) is 11.6 Å². The van der Waals surface area contributed by atoms with E-state index in [-0.39, 0.29) is 17.3 Å². The number of halogens is 1. The molecule has 0 aromatic carbocycles. The number of nitrogens with zero attached hydrogens (tertiary/aromatic N) is 5. The number of rotatable bonds is 2. The number of aromatic nitrogens is 4. The lowest BCUT2D eigenvalue weighted by atomic mass is 10.4. The molecule has 0 saturated heterocycles. The smallest absolute Gasteiger partial charge is 0.355 e. The van der Waals surface area contributed by atoms with Gasteiger partial charge in [-0.15, -0.1) is 0 Å². The van der Waals surface area contributed by atoms with Gasteiger partial charge in [0.05, 0.1) is 14.7 Å². The highest BCUT2D eigenvalue weighted by molar-refractivity contribution is 14.1. The molecule has 2 heterocycles. The van der Waals surface area contributed by atoms with Crippen molar-refractivity contribution >= 4 is 34.1 Å². The summed E-state index contributed by atoms with van der Waals surface area (Å²) in [5.41, 5.74) is 5.09. The summed E-state index contributed by atoms with van der Waals surface area (Å²) in [7, 11) is 0. The van der Waals surface area contributed by atoms with Crippen LogP contribution in [0.5, 0.6) is 0 Å². The molecule has 2 rings (SSSR count). The van der Waals surface area contributed by atoms with Crippen molar-refractivity contribution in [3.8, 4) is 5.82 Å². The minimum absolute atomic E-state index is 0.0559. The minimum Gasteiger partial charge on any atom is -0.378 e. The van der Waals surface area contributed by atoms with Gasteiger partial charge in [-0.1, -0.05) is 0 Å². The molecule has 0 radical (unpaired) electrons. The van der Waals surface area contributed by atoms with E-state index in [4.69, 9.17) is 5.73 Å². The molecular weight excluding hydrogens is 327 g/mol. The van der Waals surface area contributed by atoms with E-state index < -0.39 is 4.92 Å². The van der Waals surface area contributed by atoms with Gasteiger partial charge >= 0.3 is 5.69 Å². The summed E-state index contributed by atoms with van der Waals surface area (Å²) in [6.45, 7) is 0. The fraction of sp³-hybridized carbons (Fsp3) is 0. The van der Waals surface area contributed by atoms with Gasteiger partial charge < -0.3 is 5.73 Å². The zero-order valence-corrected chi connectivity index (χ0v) is 9.90. The Kier molecular flexibility index (Phi) is 2.68. The summed E-state index contributed by atoms with van der Waals surface area (Å²) in [4.78, 5) is 17.6. The van der Waals surface area contributed by atoms with E-state index in [2.05, 4.69) is 15.1 Å². The third kappa shape index (κ3) is 1.80. The second-order valence-electron chi connectivity index (χ2n) is 2.79. The first kappa shape index (κ1) is 10.7. The molecule has 2 aromatic rings. The van der Waals surface area contributed by atoms with Crippen LogP contribution in [0.2, 0.25) is 0 Å². The summed E-state index contributed by atoms with van der Waals surface area (Å²) in [5, 5.41) is 14.8. The van der Waals surface area contributed by atoms with E-state index in [0.29, 0.717) is 0 Å². The van der Waals surface area contributed by atoms with Crippen LogP contribution in [0.1, 0.15) is 0 Å². The summed E-state index contributed by atoms with van der Waals surface area (Å²) in [6, 6.07) is 0. The number of nitrogen functional groups attached to an aromatic ring is 1. The molecule has 0 saturated carbocycles. The third-order valence-electron chi connectivity index (χ3n) is 1.78. The van der Waals surface area contributed by atoms with Crippen LogP contribution in [0.15, 0.2) is 18.7 Å². The van der Waals surface area contributed by atoms with Crippen molar-refractivity contribution in [2.75, 3.05) is 5.73 Å². The first-order valence-corrected chi connectivity index (χ1v) is 5.13. The molecule has 0 atom stereocenters. The second kappa shape index (κ2) is 4.00. The molecule has 0 aliphatic carbocycles. The molecule has 16 heavy (non-hydrogen) atoms. The fourth-order valence-electron chi connectivity index (χ4n) is 1.14. The third-order valence-corrected chi connectivity index (χ3v) is 2.34. The van der Waals surface area contributed by atoms with Crippen LogP contribution in [0, 0.1) is 13.7 Å². The predicted octanol–water partition coefficient (Wildman–Crippen LogP) is 0.757. The van der Waals surface area contributed by atoms with Gasteiger partial charge in [0.15, 0.2) is 0 Å². The van der Waals surface area contributed by atoms with Crippen molar-refractivity contribution < 1.29 is 4.92 Å². The number of nitrogens with two attached hydrogens (primary N) is 1. The molecule has 2 aromatic heterocycles. The minimum atomic E-state index is -0.626. The molecular formula is C7H5IN6O2. The average molecular weight is 332 g/mol. The molecule has 0 bridgehead atoms. The maximum Gasteiger partial charge on any atom is 0.355 e. The predicted molar refractivity (Wildman–Crippen MR) is 62.9 cm³/mol. The SMILES string of the molecule is Nc1ncnc(-n2cc(I)cn2)c1[N+](=O)[O-]. The topological polar surface area (TPSA) is 113 Å². The lowest BCUT2D eigenvalue weighted by molar-refractivity contribution is -0.384. The van der Waals surface area contributed by atoms with E-state index >= 15 is 0 Å². The van der Waals surface area contributed by atoms with E-state index in [0.717, 1.165) is 9.90 Å². The lowest BCUT2D eigenvalue weighted by Crippen LogP contribution is -2.07. The Hall–Kier alpha value is -1.78. The van der Waals surface area contributed by atoms with Gasteiger partial charge in [0.1, 0.15) is 6.33 Å².